The van der Waals surface area contributed by atoms with Gasteiger partial charge in [-0.05, 0) is 22.3 Å². The number of aliphatic carboxylic acids is 1. The molecule has 46 heavy (non-hydrogen) atoms. The summed E-state index contributed by atoms with van der Waals surface area (Å²) in [7, 11) is 0. The van der Waals surface area contributed by atoms with Gasteiger partial charge in [-0.15, -0.1) is 0 Å². The molecular formula is C36H36F2O8. The highest BCUT2D eigenvalue weighted by Gasteiger charge is 2.62. The molecule has 1 fully saturated rings. The molecule has 0 saturated carbocycles. The van der Waals surface area contributed by atoms with Crippen LogP contribution in [0.5, 0.6) is 0 Å². The second kappa shape index (κ2) is 16.0. The molecule has 1 unspecified atom stereocenters. The first kappa shape index (κ1) is 33.3. The minimum atomic E-state index is -3.52. The van der Waals surface area contributed by atoms with E-state index < -0.39 is 48.7 Å². The Bertz CT molecular complexity index is 1480. The number of halogens is 2. The summed E-state index contributed by atoms with van der Waals surface area (Å²) in [6.07, 6.45) is -11.1. The molecule has 4 aromatic rings. The number of carboxylic acid groups (broad SMARTS) is 1. The highest BCUT2D eigenvalue weighted by atomic mass is 19.3. The number of hydrogen-bond donors (Lipinski definition) is 2. The van der Waals surface area contributed by atoms with Crippen molar-refractivity contribution in [3.63, 3.8) is 0 Å². The number of carboxylic acids is 1. The molecule has 0 amide bonds. The maximum absolute atomic E-state index is 14.9. The fraction of sp³-hybridized carbons (Fsp3) is 0.306. The van der Waals surface area contributed by atoms with Crippen molar-refractivity contribution >= 4 is 5.97 Å². The van der Waals surface area contributed by atoms with Gasteiger partial charge >= 0.3 is 5.97 Å². The molecule has 6 atom stereocenters. The average molecular weight is 635 g/mol. The molecule has 5 rings (SSSR count). The standard InChI is InChI=1S/C36H36F2O8/c37-35(38)36(41)33(45-30(34(39)40)28-19-11-4-12-20-28)32(44-23-27-17-9-3-10-18-27)31(43-22-26-15-7-2-8-16-26)29(46-36)24-42-21-25-13-5-1-6-14-25/h1-20,29-33,35,41H,21-24H2,(H,39,40)/t29-,30?,31-,32+,33-,36-/m1/s1. The Balaban J connectivity index is 1.51. The van der Waals surface area contributed by atoms with Crippen LogP contribution in [0.25, 0.3) is 0 Å². The van der Waals surface area contributed by atoms with Crippen molar-refractivity contribution in [2.24, 2.45) is 0 Å². The Morgan fingerprint density at radius 3 is 1.65 bits per heavy atom. The van der Waals surface area contributed by atoms with Gasteiger partial charge in [-0.25, -0.2) is 13.6 Å². The van der Waals surface area contributed by atoms with Crippen LogP contribution in [0.4, 0.5) is 8.78 Å². The quantitative estimate of drug-likeness (QED) is 0.166. The molecule has 1 heterocycles. The SMILES string of the molecule is O=C(O)C(O[C@@H]1[C@@H](OCc2ccccc2)[C@H](OCc2ccccc2)[C@@H](COCc2ccccc2)O[C@@]1(O)C(F)F)c1ccccc1. The molecule has 0 aliphatic carbocycles. The number of hydrogen-bond acceptors (Lipinski definition) is 7. The van der Waals surface area contributed by atoms with Crippen LogP contribution in [-0.4, -0.2) is 59.4 Å². The number of rotatable bonds is 15. The van der Waals surface area contributed by atoms with E-state index in [9.17, 15) is 23.8 Å². The van der Waals surface area contributed by atoms with Crippen molar-refractivity contribution < 1.29 is 47.5 Å². The van der Waals surface area contributed by atoms with Crippen LogP contribution in [0.3, 0.4) is 0 Å². The predicted molar refractivity (Wildman–Crippen MR) is 164 cm³/mol. The summed E-state index contributed by atoms with van der Waals surface area (Å²) in [4.78, 5) is 12.4. The molecule has 0 aromatic heterocycles. The van der Waals surface area contributed by atoms with E-state index in [-0.39, 0.29) is 32.0 Å². The number of carbonyl (C=O) groups is 1. The van der Waals surface area contributed by atoms with Crippen LogP contribution in [0.15, 0.2) is 121 Å². The van der Waals surface area contributed by atoms with E-state index in [1.807, 2.05) is 66.7 Å². The highest BCUT2D eigenvalue weighted by Crippen LogP contribution is 2.40. The maximum Gasteiger partial charge on any atom is 0.337 e. The van der Waals surface area contributed by atoms with E-state index in [0.29, 0.717) is 5.56 Å². The molecule has 2 N–H and O–H groups in total. The maximum atomic E-state index is 14.9. The average Bonchev–Trinajstić information content (AvgIpc) is 3.08. The van der Waals surface area contributed by atoms with Gasteiger partial charge in [0.1, 0.15) is 24.4 Å². The van der Waals surface area contributed by atoms with Crippen LogP contribution in [0, 0.1) is 0 Å². The first-order chi connectivity index (χ1) is 22.3. The summed E-state index contributed by atoms with van der Waals surface area (Å²) < 4.78 is 60.0. The van der Waals surface area contributed by atoms with Gasteiger partial charge in [0, 0.05) is 0 Å². The fourth-order valence-electron chi connectivity index (χ4n) is 5.31. The van der Waals surface area contributed by atoms with E-state index >= 15 is 0 Å². The molecule has 4 aromatic carbocycles. The largest absolute Gasteiger partial charge is 0.479 e. The Morgan fingerprint density at radius 2 is 1.17 bits per heavy atom. The van der Waals surface area contributed by atoms with E-state index in [1.54, 1.807) is 42.5 Å². The van der Waals surface area contributed by atoms with Crippen molar-refractivity contribution in [2.45, 2.75) is 62.6 Å². The van der Waals surface area contributed by atoms with Crippen LogP contribution in [-0.2, 0) is 48.3 Å². The smallest absolute Gasteiger partial charge is 0.337 e. The molecule has 0 bridgehead atoms. The summed E-state index contributed by atoms with van der Waals surface area (Å²) in [6.45, 7) is -0.140. The highest BCUT2D eigenvalue weighted by molar-refractivity contribution is 5.74. The van der Waals surface area contributed by atoms with Gasteiger partial charge in [0.15, 0.2) is 6.10 Å². The lowest BCUT2D eigenvalue weighted by Gasteiger charge is -2.50. The number of aliphatic hydroxyl groups is 1. The van der Waals surface area contributed by atoms with Crippen LogP contribution < -0.4 is 0 Å². The van der Waals surface area contributed by atoms with Gasteiger partial charge in [0.25, 0.3) is 12.2 Å². The van der Waals surface area contributed by atoms with E-state index in [4.69, 9.17) is 23.7 Å². The third-order valence-electron chi connectivity index (χ3n) is 7.62. The second-order valence-corrected chi connectivity index (χ2v) is 10.9. The zero-order valence-corrected chi connectivity index (χ0v) is 24.9. The normalized spacial score (nSPS) is 23.7. The summed E-state index contributed by atoms with van der Waals surface area (Å²) in [5.74, 6) is -4.73. The molecule has 1 aliphatic rings. The zero-order chi connectivity index (χ0) is 32.4. The Hall–Kier alpha value is -4.03. The van der Waals surface area contributed by atoms with Crippen molar-refractivity contribution in [1.29, 1.82) is 0 Å². The Morgan fingerprint density at radius 1 is 0.717 bits per heavy atom. The van der Waals surface area contributed by atoms with Gasteiger partial charge < -0.3 is 33.9 Å². The lowest BCUT2D eigenvalue weighted by Crippen LogP contribution is -2.70. The van der Waals surface area contributed by atoms with Crippen LogP contribution in [0.2, 0.25) is 0 Å². The van der Waals surface area contributed by atoms with Crippen molar-refractivity contribution in [3.8, 4) is 0 Å². The summed E-state index contributed by atoms with van der Waals surface area (Å²) >= 11 is 0. The minimum Gasteiger partial charge on any atom is -0.479 e. The topological polar surface area (TPSA) is 104 Å². The van der Waals surface area contributed by atoms with Gasteiger partial charge in [0.05, 0.1) is 26.4 Å². The minimum absolute atomic E-state index is 0.0378. The Kier molecular flexibility index (Phi) is 11.6. The first-order valence-electron chi connectivity index (χ1n) is 14.9. The lowest BCUT2D eigenvalue weighted by molar-refractivity contribution is -0.401. The molecular weight excluding hydrogens is 598 g/mol. The molecule has 0 spiro atoms. The van der Waals surface area contributed by atoms with Crippen molar-refractivity contribution in [3.05, 3.63) is 144 Å². The van der Waals surface area contributed by atoms with E-state index in [2.05, 4.69) is 0 Å². The summed E-state index contributed by atoms with van der Waals surface area (Å²) in [6, 6.07) is 35.3. The Labute approximate surface area is 266 Å². The van der Waals surface area contributed by atoms with E-state index in [0.717, 1.165) is 11.1 Å². The monoisotopic (exact) mass is 634 g/mol. The van der Waals surface area contributed by atoms with Crippen LogP contribution in [0.1, 0.15) is 28.4 Å². The molecule has 1 saturated heterocycles. The van der Waals surface area contributed by atoms with Gasteiger partial charge in [-0.2, -0.15) is 0 Å². The molecule has 8 nitrogen and oxygen atoms in total. The van der Waals surface area contributed by atoms with Crippen molar-refractivity contribution in [1.82, 2.24) is 0 Å². The number of alkyl halides is 2. The van der Waals surface area contributed by atoms with E-state index in [1.165, 1.54) is 12.1 Å². The molecule has 242 valence electrons. The van der Waals surface area contributed by atoms with Gasteiger partial charge in [0.2, 0.25) is 0 Å². The molecule has 1 aliphatic heterocycles. The summed E-state index contributed by atoms with van der Waals surface area (Å²) in [5, 5.41) is 21.7. The summed E-state index contributed by atoms with van der Waals surface area (Å²) in [5.41, 5.74) is 2.52. The van der Waals surface area contributed by atoms with Crippen LogP contribution >= 0.6 is 0 Å². The zero-order valence-electron chi connectivity index (χ0n) is 24.9. The number of ether oxygens (including phenoxy) is 5. The second-order valence-electron chi connectivity index (χ2n) is 10.9. The third kappa shape index (κ3) is 8.41. The predicted octanol–water partition coefficient (Wildman–Crippen LogP) is 5.94. The van der Waals surface area contributed by atoms with Gasteiger partial charge in [-0.3, -0.25) is 0 Å². The third-order valence-corrected chi connectivity index (χ3v) is 7.62. The molecule has 10 heteroatoms. The lowest BCUT2D eigenvalue weighted by atomic mass is 9.91. The fourth-order valence-corrected chi connectivity index (χ4v) is 5.31. The van der Waals surface area contributed by atoms with Crippen molar-refractivity contribution in [2.75, 3.05) is 6.61 Å². The van der Waals surface area contributed by atoms with Gasteiger partial charge in [-0.1, -0.05) is 121 Å². The molecule has 0 radical (unpaired) electrons. The first-order valence-corrected chi connectivity index (χ1v) is 14.9. The number of benzene rings is 4.